The van der Waals surface area contributed by atoms with E-state index in [1.165, 1.54) is 21.7 Å². The van der Waals surface area contributed by atoms with Gasteiger partial charge < -0.3 is 5.11 Å². The van der Waals surface area contributed by atoms with Crippen LogP contribution in [0.5, 0.6) is 0 Å². The number of aromatic nitrogens is 3. The Morgan fingerprint density at radius 1 is 1.58 bits per heavy atom. The summed E-state index contributed by atoms with van der Waals surface area (Å²) in [5, 5.41) is 13.4. The van der Waals surface area contributed by atoms with Crippen LogP contribution in [0.4, 0.5) is 10.6 Å². The van der Waals surface area contributed by atoms with Gasteiger partial charge in [0.15, 0.2) is 11.9 Å². The lowest BCUT2D eigenvalue weighted by atomic mass is 10.4. The molecule has 0 unspecified atom stereocenters. The highest BCUT2D eigenvalue weighted by molar-refractivity contribution is 6.29. The Labute approximate surface area is 112 Å². The third-order valence-electron chi connectivity index (χ3n) is 2.94. The number of rotatable bonds is 3. The number of fused-ring (bicyclic) bond motifs is 1. The van der Waals surface area contributed by atoms with Crippen molar-refractivity contribution >= 4 is 35.4 Å². The summed E-state index contributed by atoms with van der Waals surface area (Å²) < 4.78 is 1.32. The van der Waals surface area contributed by atoms with Gasteiger partial charge in [0.1, 0.15) is 11.0 Å². The number of carboxylic acid groups (broad SMARTS) is 1. The number of carbonyl (C=O) groups is 2. The van der Waals surface area contributed by atoms with Gasteiger partial charge in [-0.1, -0.05) is 11.6 Å². The van der Waals surface area contributed by atoms with E-state index >= 15 is 0 Å². The Balaban J connectivity index is 2.24. The second kappa shape index (κ2) is 4.20. The summed E-state index contributed by atoms with van der Waals surface area (Å²) in [5.74, 6) is 0.304. The zero-order valence-corrected chi connectivity index (χ0v) is 10.4. The molecule has 1 fully saturated rings. The molecule has 1 amide bonds. The first-order valence-electron chi connectivity index (χ1n) is 5.63. The number of anilines is 1. The third-order valence-corrected chi connectivity index (χ3v) is 3.13. The number of hydrogen-bond acceptors (Lipinski definition) is 4. The van der Waals surface area contributed by atoms with Crippen molar-refractivity contribution in [3.8, 4) is 0 Å². The fraction of sp³-hybridized carbons (Fsp3) is 0.273. The van der Waals surface area contributed by atoms with E-state index in [4.69, 9.17) is 11.6 Å². The molecule has 3 rings (SSSR count). The molecule has 1 aliphatic rings. The maximum Gasteiger partial charge on any atom is 0.413 e. The average molecular weight is 281 g/mol. The van der Waals surface area contributed by atoms with Crippen LogP contribution < -0.4 is 4.90 Å². The first kappa shape index (κ1) is 11.9. The lowest BCUT2D eigenvalue weighted by Crippen LogP contribution is -2.33. The van der Waals surface area contributed by atoms with Crippen LogP contribution in [-0.2, 0) is 0 Å². The van der Waals surface area contributed by atoms with Crippen LogP contribution >= 0.6 is 11.6 Å². The van der Waals surface area contributed by atoms with Gasteiger partial charge in [-0.15, -0.1) is 0 Å². The smallest absolute Gasteiger partial charge is 0.413 e. The number of hydrogen-bond donors (Lipinski definition) is 1. The Morgan fingerprint density at radius 3 is 2.89 bits per heavy atom. The van der Waals surface area contributed by atoms with E-state index in [0.29, 0.717) is 12.1 Å². The molecule has 1 saturated carbocycles. The van der Waals surface area contributed by atoms with E-state index in [1.54, 1.807) is 0 Å². The maximum absolute atomic E-state index is 11.4. The summed E-state index contributed by atoms with van der Waals surface area (Å²) in [5.41, 5.74) is 0.522. The highest BCUT2D eigenvalue weighted by Gasteiger charge is 2.35. The summed E-state index contributed by atoms with van der Waals surface area (Å²) >= 11 is 5.90. The van der Waals surface area contributed by atoms with Crippen LogP contribution in [0.2, 0.25) is 5.15 Å². The summed E-state index contributed by atoms with van der Waals surface area (Å²) in [6.07, 6.45) is 2.47. The molecular weight excluding hydrogens is 272 g/mol. The molecule has 19 heavy (non-hydrogen) atoms. The van der Waals surface area contributed by atoms with Gasteiger partial charge in [-0.2, -0.15) is 9.61 Å². The quantitative estimate of drug-likeness (QED) is 0.684. The number of aldehydes is 1. The Bertz CT molecular complexity index is 680. The zero-order valence-electron chi connectivity index (χ0n) is 9.65. The summed E-state index contributed by atoms with van der Waals surface area (Å²) in [6.45, 7) is 0. The molecule has 7 nitrogen and oxygen atoms in total. The van der Waals surface area contributed by atoms with Crippen molar-refractivity contribution in [3.63, 3.8) is 0 Å². The first-order chi connectivity index (χ1) is 9.11. The molecule has 0 spiro atoms. The second-order valence-corrected chi connectivity index (χ2v) is 4.66. The molecule has 0 saturated heterocycles. The second-order valence-electron chi connectivity index (χ2n) is 4.27. The zero-order chi connectivity index (χ0) is 13.6. The van der Waals surface area contributed by atoms with E-state index in [-0.39, 0.29) is 22.4 Å². The fourth-order valence-corrected chi connectivity index (χ4v) is 2.14. The van der Waals surface area contributed by atoms with Gasteiger partial charge in [-0.3, -0.25) is 9.69 Å². The molecule has 0 bridgehead atoms. The van der Waals surface area contributed by atoms with Crippen molar-refractivity contribution in [1.82, 2.24) is 14.6 Å². The van der Waals surface area contributed by atoms with E-state index in [2.05, 4.69) is 10.1 Å². The number of carbonyl (C=O) groups excluding carboxylic acids is 1. The predicted octanol–water partition coefficient (Wildman–Crippen LogP) is 1.84. The minimum absolute atomic E-state index is 0.0666. The first-order valence-corrected chi connectivity index (χ1v) is 6.01. The van der Waals surface area contributed by atoms with Crippen LogP contribution in [0.15, 0.2) is 12.3 Å². The summed E-state index contributed by atoms with van der Waals surface area (Å²) in [6, 6.07) is 1.37. The molecule has 0 aromatic carbocycles. The predicted molar refractivity (Wildman–Crippen MR) is 66.9 cm³/mol. The van der Waals surface area contributed by atoms with Gasteiger partial charge in [0.05, 0.1) is 11.8 Å². The molecular formula is C11H9ClN4O3. The Hall–Kier alpha value is -2.15. The average Bonchev–Trinajstić information content (AvgIpc) is 3.08. The minimum Gasteiger partial charge on any atom is -0.465 e. The molecule has 1 aliphatic carbocycles. The molecule has 0 atom stereocenters. The molecule has 8 heteroatoms. The van der Waals surface area contributed by atoms with Crippen molar-refractivity contribution in [2.45, 2.75) is 18.9 Å². The van der Waals surface area contributed by atoms with Crippen molar-refractivity contribution in [3.05, 3.63) is 23.0 Å². The summed E-state index contributed by atoms with van der Waals surface area (Å²) in [7, 11) is 0. The standard InChI is InChI=1S/C11H9ClN4O3/c12-8-3-9(15(11(18)19)7-1-2-7)16-10(14-8)6(5-17)4-13-16/h3-5,7H,1-2H2,(H,18,19). The molecule has 2 aromatic heterocycles. The van der Waals surface area contributed by atoms with Gasteiger partial charge in [0, 0.05) is 12.1 Å². The molecule has 0 radical (unpaired) electrons. The van der Waals surface area contributed by atoms with E-state index in [9.17, 15) is 14.7 Å². The van der Waals surface area contributed by atoms with Crippen LogP contribution in [0.1, 0.15) is 23.2 Å². The molecule has 1 N–H and O–H groups in total. The molecule has 0 aliphatic heterocycles. The molecule has 2 heterocycles. The summed E-state index contributed by atoms with van der Waals surface area (Å²) in [4.78, 5) is 27.5. The van der Waals surface area contributed by atoms with Crippen LogP contribution in [0.3, 0.4) is 0 Å². The maximum atomic E-state index is 11.4. The van der Waals surface area contributed by atoms with Crippen LogP contribution in [-0.4, -0.2) is 38.1 Å². The normalized spacial score (nSPS) is 14.6. The molecule has 98 valence electrons. The fourth-order valence-electron chi connectivity index (χ4n) is 1.96. The van der Waals surface area contributed by atoms with Crippen LogP contribution in [0.25, 0.3) is 5.65 Å². The van der Waals surface area contributed by atoms with Crippen molar-refractivity contribution in [2.24, 2.45) is 0 Å². The van der Waals surface area contributed by atoms with Crippen molar-refractivity contribution in [1.29, 1.82) is 0 Å². The van der Waals surface area contributed by atoms with Crippen LogP contribution in [0, 0.1) is 0 Å². The van der Waals surface area contributed by atoms with E-state index in [1.807, 2.05) is 0 Å². The number of nitrogens with zero attached hydrogens (tertiary/aromatic N) is 4. The number of halogens is 1. The lowest BCUT2D eigenvalue weighted by molar-refractivity contribution is 0.112. The largest absolute Gasteiger partial charge is 0.465 e. The monoisotopic (exact) mass is 280 g/mol. The van der Waals surface area contributed by atoms with Gasteiger partial charge in [-0.05, 0) is 12.8 Å². The lowest BCUT2D eigenvalue weighted by Gasteiger charge is -2.19. The highest BCUT2D eigenvalue weighted by Crippen LogP contribution is 2.33. The third kappa shape index (κ3) is 1.91. The van der Waals surface area contributed by atoms with Gasteiger partial charge in [-0.25, -0.2) is 9.78 Å². The van der Waals surface area contributed by atoms with E-state index < -0.39 is 6.09 Å². The van der Waals surface area contributed by atoms with Gasteiger partial charge in [0.25, 0.3) is 0 Å². The van der Waals surface area contributed by atoms with Crippen molar-refractivity contribution < 1.29 is 14.7 Å². The highest BCUT2D eigenvalue weighted by atomic mass is 35.5. The Kier molecular flexibility index (Phi) is 2.63. The topological polar surface area (TPSA) is 87.8 Å². The number of amides is 1. The van der Waals surface area contributed by atoms with Gasteiger partial charge in [0.2, 0.25) is 0 Å². The van der Waals surface area contributed by atoms with Gasteiger partial charge >= 0.3 is 6.09 Å². The SMILES string of the molecule is O=Cc1cnn2c(N(C(=O)O)C3CC3)cc(Cl)nc12. The van der Waals surface area contributed by atoms with E-state index in [0.717, 1.165) is 12.8 Å². The minimum atomic E-state index is -1.07. The van der Waals surface area contributed by atoms with Crippen molar-refractivity contribution in [2.75, 3.05) is 4.90 Å². The Morgan fingerprint density at radius 2 is 2.32 bits per heavy atom. The molecule has 2 aromatic rings.